The molecule has 0 spiro atoms. The molecule has 0 saturated heterocycles. The zero-order valence-electron chi connectivity index (χ0n) is 12.5. The van der Waals surface area contributed by atoms with Crippen molar-refractivity contribution in [2.24, 2.45) is 0 Å². The molecular weight excluding hydrogens is 266 g/mol. The minimum Gasteiger partial charge on any atom is -0.448 e. The van der Waals surface area contributed by atoms with Crippen LogP contribution in [0.4, 0.5) is 10.5 Å². The predicted molar refractivity (Wildman–Crippen MR) is 83.1 cm³/mol. The molecule has 1 N–H and O–H groups in total. The second-order valence-corrected chi connectivity index (χ2v) is 4.65. The van der Waals surface area contributed by atoms with Crippen molar-refractivity contribution in [3.63, 3.8) is 0 Å². The van der Waals surface area contributed by atoms with E-state index in [-0.39, 0.29) is 6.09 Å². The highest BCUT2D eigenvalue weighted by atomic mass is 16.5. The van der Waals surface area contributed by atoms with Gasteiger partial charge in [0, 0.05) is 18.8 Å². The molecule has 1 amide bonds. The minimum atomic E-state index is -0.378. The molecule has 21 heavy (non-hydrogen) atoms. The zero-order chi connectivity index (χ0) is 15.3. The fourth-order valence-electron chi connectivity index (χ4n) is 1.86. The standard InChI is InChI=1S/C16H23N3O2/c1-2-3-11-18-16(20)21-14-13-19(12-7-10-17)15-8-5-4-6-9-15/h4-6,8-9H,2-3,7,11-14H2,1H3,(H,18,20). The SMILES string of the molecule is CCCCNC(=O)OCCN(CCC#N)c1ccccc1. The summed E-state index contributed by atoms with van der Waals surface area (Å²) in [4.78, 5) is 13.5. The molecule has 5 heteroatoms. The summed E-state index contributed by atoms with van der Waals surface area (Å²) in [6, 6.07) is 12.0. The van der Waals surface area contributed by atoms with E-state index in [9.17, 15) is 4.79 Å². The van der Waals surface area contributed by atoms with Crippen molar-refractivity contribution in [2.45, 2.75) is 26.2 Å². The highest BCUT2D eigenvalue weighted by Crippen LogP contribution is 2.13. The largest absolute Gasteiger partial charge is 0.448 e. The summed E-state index contributed by atoms with van der Waals surface area (Å²) in [6.07, 6.45) is 2.05. The van der Waals surface area contributed by atoms with Gasteiger partial charge >= 0.3 is 6.09 Å². The van der Waals surface area contributed by atoms with Crippen LogP contribution in [-0.2, 0) is 4.74 Å². The number of hydrogen-bond donors (Lipinski definition) is 1. The lowest BCUT2D eigenvalue weighted by molar-refractivity contribution is 0.148. The first-order valence-electron chi connectivity index (χ1n) is 7.35. The minimum absolute atomic E-state index is 0.304. The summed E-state index contributed by atoms with van der Waals surface area (Å²) in [7, 11) is 0. The maximum Gasteiger partial charge on any atom is 0.407 e. The first-order chi connectivity index (χ1) is 10.3. The Labute approximate surface area is 126 Å². The molecule has 0 aliphatic heterocycles. The van der Waals surface area contributed by atoms with Gasteiger partial charge in [0.2, 0.25) is 0 Å². The normalized spacial score (nSPS) is 9.71. The number of benzene rings is 1. The van der Waals surface area contributed by atoms with Crippen LogP contribution in [0.25, 0.3) is 0 Å². The van der Waals surface area contributed by atoms with Crippen LogP contribution in [0.3, 0.4) is 0 Å². The summed E-state index contributed by atoms with van der Waals surface area (Å²) in [5, 5.41) is 11.4. The number of nitriles is 1. The molecule has 0 radical (unpaired) electrons. The molecule has 0 atom stereocenters. The Morgan fingerprint density at radius 3 is 2.76 bits per heavy atom. The van der Waals surface area contributed by atoms with Gasteiger partial charge in [0.05, 0.1) is 19.0 Å². The van der Waals surface area contributed by atoms with Gasteiger partial charge in [-0.1, -0.05) is 31.5 Å². The molecule has 1 rings (SSSR count). The van der Waals surface area contributed by atoms with Gasteiger partial charge in [-0.2, -0.15) is 5.26 Å². The number of nitrogens with one attached hydrogen (secondary N) is 1. The quantitative estimate of drug-likeness (QED) is 0.710. The Bertz CT molecular complexity index is 443. The highest BCUT2D eigenvalue weighted by molar-refractivity contribution is 5.67. The topological polar surface area (TPSA) is 65.4 Å². The molecule has 1 aromatic carbocycles. The highest BCUT2D eigenvalue weighted by Gasteiger charge is 2.07. The van der Waals surface area contributed by atoms with Gasteiger partial charge < -0.3 is 15.0 Å². The summed E-state index contributed by atoms with van der Waals surface area (Å²) in [5.74, 6) is 0. The summed E-state index contributed by atoms with van der Waals surface area (Å²) in [5.41, 5.74) is 1.03. The van der Waals surface area contributed by atoms with Gasteiger partial charge in [-0.25, -0.2) is 4.79 Å². The lowest BCUT2D eigenvalue weighted by Crippen LogP contribution is -2.32. The molecule has 1 aromatic rings. The van der Waals surface area contributed by atoms with Crippen LogP contribution < -0.4 is 10.2 Å². The van der Waals surface area contributed by atoms with E-state index in [4.69, 9.17) is 10.00 Å². The fourth-order valence-corrected chi connectivity index (χ4v) is 1.86. The number of alkyl carbamates (subject to hydrolysis) is 1. The van der Waals surface area contributed by atoms with E-state index < -0.39 is 0 Å². The second kappa shape index (κ2) is 10.6. The Morgan fingerprint density at radius 1 is 1.33 bits per heavy atom. The van der Waals surface area contributed by atoms with Crippen LogP contribution in [0.1, 0.15) is 26.2 Å². The third-order valence-corrected chi connectivity index (χ3v) is 3.01. The Morgan fingerprint density at radius 2 is 2.10 bits per heavy atom. The van der Waals surface area contributed by atoms with Gasteiger partial charge in [0.25, 0.3) is 0 Å². The van der Waals surface area contributed by atoms with Gasteiger partial charge in [-0.3, -0.25) is 0 Å². The third kappa shape index (κ3) is 7.21. The lowest BCUT2D eigenvalue weighted by atomic mass is 10.2. The number of ether oxygens (including phenoxy) is 1. The first kappa shape index (κ1) is 16.8. The molecule has 0 aromatic heterocycles. The molecule has 0 unspecified atom stereocenters. The molecule has 114 valence electrons. The number of amides is 1. The number of rotatable bonds is 9. The van der Waals surface area contributed by atoms with Gasteiger partial charge in [-0.05, 0) is 18.6 Å². The van der Waals surface area contributed by atoms with Crippen molar-refractivity contribution in [3.8, 4) is 6.07 Å². The monoisotopic (exact) mass is 289 g/mol. The van der Waals surface area contributed by atoms with Crippen LogP contribution in [0, 0.1) is 11.3 Å². The van der Waals surface area contributed by atoms with E-state index in [2.05, 4.69) is 18.3 Å². The molecule has 0 fully saturated rings. The first-order valence-corrected chi connectivity index (χ1v) is 7.35. The van der Waals surface area contributed by atoms with Crippen molar-refractivity contribution < 1.29 is 9.53 Å². The number of nitrogens with zero attached hydrogens (tertiary/aromatic N) is 2. The van der Waals surface area contributed by atoms with E-state index >= 15 is 0 Å². The van der Waals surface area contributed by atoms with E-state index in [0.29, 0.717) is 32.7 Å². The second-order valence-electron chi connectivity index (χ2n) is 4.65. The third-order valence-electron chi connectivity index (χ3n) is 3.01. The van der Waals surface area contributed by atoms with Crippen LogP contribution in [0.5, 0.6) is 0 Å². The molecule has 0 aliphatic carbocycles. The van der Waals surface area contributed by atoms with Crippen LogP contribution in [-0.4, -0.2) is 32.3 Å². The van der Waals surface area contributed by atoms with Crippen LogP contribution in [0.15, 0.2) is 30.3 Å². The van der Waals surface area contributed by atoms with Crippen LogP contribution >= 0.6 is 0 Å². The maximum atomic E-state index is 11.4. The van der Waals surface area contributed by atoms with Gasteiger partial charge in [-0.15, -0.1) is 0 Å². The van der Waals surface area contributed by atoms with Crippen molar-refractivity contribution in [2.75, 3.05) is 31.1 Å². The molecule has 0 bridgehead atoms. The van der Waals surface area contributed by atoms with Crippen molar-refractivity contribution in [1.29, 1.82) is 5.26 Å². The van der Waals surface area contributed by atoms with Gasteiger partial charge in [0.1, 0.15) is 6.61 Å². The molecule has 5 nitrogen and oxygen atoms in total. The Kier molecular flexibility index (Phi) is 8.46. The Balaban J connectivity index is 2.37. The smallest absolute Gasteiger partial charge is 0.407 e. The average Bonchev–Trinajstić information content (AvgIpc) is 2.52. The maximum absolute atomic E-state index is 11.4. The van der Waals surface area contributed by atoms with E-state index in [1.165, 1.54) is 0 Å². The van der Waals surface area contributed by atoms with E-state index in [1.54, 1.807) is 0 Å². The van der Waals surface area contributed by atoms with E-state index in [0.717, 1.165) is 18.5 Å². The predicted octanol–water partition coefficient (Wildman–Crippen LogP) is 2.93. The van der Waals surface area contributed by atoms with Crippen molar-refractivity contribution in [1.82, 2.24) is 5.32 Å². The number of anilines is 1. The number of hydrogen-bond acceptors (Lipinski definition) is 4. The van der Waals surface area contributed by atoms with Gasteiger partial charge in [0.15, 0.2) is 0 Å². The number of carbonyl (C=O) groups excluding carboxylic acids is 1. The summed E-state index contributed by atoms with van der Waals surface area (Å²) >= 11 is 0. The lowest BCUT2D eigenvalue weighted by Gasteiger charge is -2.23. The zero-order valence-corrected chi connectivity index (χ0v) is 12.5. The molecule has 0 saturated carbocycles. The Hall–Kier alpha value is -2.22. The number of carbonyl (C=O) groups is 1. The van der Waals surface area contributed by atoms with E-state index in [1.807, 2.05) is 35.2 Å². The van der Waals surface area contributed by atoms with Crippen LogP contribution in [0.2, 0.25) is 0 Å². The van der Waals surface area contributed by atoms with Crippen molar-refractivity contribution in [3.05, 3.63) is 30.3 Å². The fraction of sp³-hybridized carbons (Fsp3) is 0.500. The summed E-state index contributed by atoms with van der Waals surface area (Å²) in [6.45, 7) is 4.22. The summed E-state index contributed by atoms with van der Waals surface area (Å²) < 4.78 is 5.15. The average molecular weight is 289 g/mol. The molecule has 0 heterocycles. The number of para-hydroxylation sites is 1. The molecular formula is C16H23N3O2. The van der Waals surface area contributed by atoms with Crippen molar-refractivity contribution >= 4 is 11.8 Å². The number of unbranched alkanes of at least 4 members (excludes halogenated alkanes) is 1. The molecule has 0 aliphatic rings.